The largest absolute Gasteiger partial charge is 0.496 e. The maximum Gasteiger partial charge on any atom is 0.329 e. The van der Waals surface area contributed by atoms with Gasteiger partial charge in [-0.05, 0) is 30.7 Å². The standard InChI is InChI=1S/C15H18N2O3S/c1-20-13-7-3-2-6-11(13)10-12-14(18)17(15(19)16-12)8-4-5-9-21/h2-3,6-7,10,21H,4-5,8-9H2,1H3,(H,16,19)/b12-10+. The third kappa shape index (κ3) is 3.58. The number of para-hydroxylation sites is 1. The van der Waals surface area contributed by atoms with Gasteiger partial charge in [-0.15, -0.1) is 0 Å². The normalized spacial score (nSPS) is 16.5. The van der Waals surface area contributed by atoms with E-state index in [2.05, 4.69) is 17.9 Å². The zero-order chi connectivity index (χ0) is 15.2. The van der Waals surface area contributed by atoms with E-state index in [-0.39, 0.29) is 17.6 Å². The van der Waals surface area contributed by atoms with Crippen LogP contribution in [0.15, 0.2) is 30.0 Å². The number of imide groups is 1. The zero-order valence-corrected chi connectivity index (χ0v) is 12.7. The van der Waals surface area contributed by atoms with E-state index in [1.807, 2.05) is 18.2 Å². The van der Waals surface area contributed by atoms with Gasteiger partial charge >= 0.3 is 6.03 Å². The predicted octanol–water partition coefficient (Wildman–Crippen LogP) is 2.30. The van der Waals surface area contributed by atoms with E-state index in [0.29, 0.717) is 12.3 Å². The number of ether oxygens (including phenoxy) is 1. The van der Waals surface area contributed by atoms with Crippen LogP contribution in [0, 0.1) is 0 Å². The summed E-state index contributed by atoms with van der Waals surface area (Å²) in [4.78, 5) is 25.3. The molecular formula is C15H18N2O3S. The van der Waals surface area contributed by atoms with Crippen LogP contribution in [0.4, 0.5) is 4.79 Å². The van der Waals surface area contributed by atoms with Gasteiger partial charge in [0.2, 0.25) is 0 Å². The number of urea groups is 1. The first-order valence-electron chi connectivity index (χ1n) is 6.75. The molecule has 1 fully saturated rings. The number of unbranched alkanes of at least 4 members (excludes halogenated alkanes) is 1. The molecule has 1 heterocycles. The highest BCUT2D eigenvalue weighted by atomic mass is 32.1. The molecule has 2 rings (SSSR count). The monoisotopic (exact) mass is 306 g/mol. The molecule has 21 heavy (non-hydrogen) atoms. The van der Waals surface area contributed by atoms with Crippen LogP contribution in [0.1, 0.15) is 18.4 Å². The molecule has 0 spiro atoms. The molecule has 1 N–H and O–H groups in total. The average Bonchev–Trinajstić information content (AvgIpc) is 2.75. The average molecular weight is 306 g/mol. The summed E-state index contributed by atoms with van der Waals surface area (Å²) in [5, 5.41) is 2.60. The second-order valence-corrected chi connectivity index (χ2v) is 5.06. The number of thiol groups is 1. The molecule has 0 bridgehead atoms. The first-order valence-corrected chi connectivity index (χ1v) is 7.39. The summed E-state index contributed by atoms with van der Waals surface area (Å²) in [6.45, 7) is 0.411. The molecule has 1 saturated heterocycles. The van der Waals surface area contributed by atoms with Crippen LogP contribution in [0.3, 0.4) is 0 Å². The lowest BCUT2D eigenvalue weighted by Gasteiger charge is -2.10. The summed E-state index contributed by atoms with van der Waals surface area (Å²) in [5.74, 6) is 1.10. The number of methoxy groups -OCH3 is 1. The molecule has 0 aromatic heterocycles. The molecule has 0 atom stereocenters. The molecule has 0 saturated carbocycles. The Kier molecular flexibility index (Phi) is 5.27. The summed E-state index contributed by atoms with van der Waals surface area (Å²) < 4.78 is 5.23. The van der Waals surface area contributed by atoms with Crippen LogP contribution in [-0.2, 0) is 4.79 Å². The van der Waals surface area contributed by atoms with Gasteiger partial charge in [-0.2, -0.15) is 12.6 Å². The summed E-state index contributed by atoms with van der Waals surface area (Å²) in [6, 6.07) is 6.95. The van der Waals surface area contributed by atoms with Gasteiger partial charge in [-0.3, -0.25) is 9.69 Å². The van der Waals surface area contributed by atoms with E-state index in [9.17, 15) is 9.59 Å². The molecule has 0 unspecified atom stereocenters. The third-order valence-electron chi connectivity index (χ3n) is 3.19. The first-order chi connectivity index (χ1) is 10.2. The quantitative estimate of drug-likeness (QED) is 0.367. The minimum Gasteiger partial charge on any atom is -0.496 e. The van der Waals surface area contributed by atoms with Crippen molar-refractivity contribution in [3.63, 3.8) is 0 Å². The Morgan fingerprint density at radius 1 is 1.29 bits per heavy atom. The van der Waals surface area contributed by atoms with Crippen LogP contribution in [0.5, 0.6) is 5.75 Å². The lowest BCUT2D eigenvalue weighted by atomic mass is 10.1. The summed E-state index contributed by atoms with van der Waals surface area (Å²) in [6.07, 6.45) is 3.26. The predicted molar refractivity (Wildman–Crippen MR) is 84.3 cm³/mol. The van der Waals surface area contributed by atoms with Gasteiger partial charge in [0.25, 0.3) is 5.91 Å². The van der Waals surface area contributed by atoms with Gasteiger partial charge < -0.3 is 10.1 Å². The van der Waals surface area contributed by atoms with E-state index < -0.39 is 0 Å². The van der Waals surface area contributed by atoms with E-state index >= 15 is 0 Å². The Hall–Kier alpha value is -1.95. The van der Waals surface area contributed by atoms with Crippen molar-refractivity contribution in [2.45, 2.75) is 12.8 Å². The molecule has 1 aliphatic heterocycles. The van der Waals surface area contributed by atoms with Gasteiger partial charge in [-0.25, -0.2) is 4.79 Å². The zero-order valence-electron chi connectivity index (χ0n) is 11.8. The molecule has 112 valence electrons. The van der Waals surface area contributed by atoms with Crippen molar-refractivity contribution >= 4 is 30.6 Å². The number of nitrogens with zero attached hydrogens (tertiary/aromatic N) is 1. The van der Waals surface area contributed by atoms with Gasteiger partial charge in [0.1, 0.15) is 11.4 Å². The van der Waals surface area contributed by atoms with Crippen LogP contribution in [0.2, 0.25) is 0 Å². The first kappa shape index (κ1) is 15.4. The summed E-state index contributed by atoms with van der Waals surface area (Å²) in [5.41, 5.74) is 1.02. The van der Waals surface area contributed by atoms with E-state index in [4.69, 9.17) is 4.74 Å². The highest BCUT2D eigenvalue weighted by molar-refractivity contribution is 7.80. The maximum atomic E-state index is 12.2. The molecule has 1 aromatic rings. The Labute approximate surface area is 129 Å². The van der Waals surface area contributed by atoms with Crippen LogP contribution in [0.25, 0.3) is 6.08 Å². The number of carbonyl (C=O) groups is 2. The Morgan fingerprint density at radius 2 is 2.05 bits per heavy atom. The van der Waals surface area contributed by atoms with Gasteiger partial charge in [0.15, 0.2) is 0 Å². The van der Waals surface area contributed by atoms with E-state index in [0.717, 1.165) is 24.2 Å². The number of carbonyl (C=O) groups excluding carboxylic acids is 2. The topological polar surface area (TPSA) is 58.6 Å². The fourth-order valence-corrected chi connectivity index (χ4v) is 2.32. The lowest BCUT2D eigenvalue weighted by molar-refractivity contribution is -0.122. The van der Waals surface area contributed by atoms with Crippen molar-refractivity contribution < 1.29 is 14.3 Å². The Bertz CT molecular complexity index is 572. The van der Waals surface area contributed by atoms with Crippen molar-refractivity contribution in [3.8, 4) is 5.75 Å². The highest BCUT2D eigenvalue weighted by Gasteiger charge is 2.32. The SMILES string of the molecule is COc1ccccc1/C=C1/NC(=O)N(CCCCS)C1=O. The second-order valence-electron chi connectivity index (χ2n) is 4.62. The number of rotatable bonds is 6. The van der Waals surface area contributed by atoms with Crippen molar-refractivity contribution in [3.05, 3.63) is 35.5 Å². The molecule has 0 radical (unpaired) electrons. The number of benzene rings is 1. The smallest absolute Gasteiger partial charge is 0.329 e. The van der Waals surface area contributed by atoms with Crippen molar-refractivity contribution in [1.29, 1.82) is 0 Å². The fourth-order valence-electron chi connectivity index (χ4n) is 2.10. The van der Waals surface area contributed by atoms with Crippen LogP contribution < -0.4 is 10.1 Å². The number of hydrogen-bond donors (Lipinski definition) is 2. The van der Waals surface area contributed by atoms with E-state index in [1.165, 1.54) is 4.90 Å². The number of amides is 3. The van der Waals surface area contributed by atoms with Crippen molar-refractivity contribution in [2.75, 3.05) is 19.4 Å². The van der Waals surface area contributed by atoms with Gasteiger partial charge in [0.05, 0.1) is 7.11 Å². The third-order valence-corrected chi connectivity index (χ3v) is 3.51. The lowest BCUT2D eigenvalue weighted by Crippen LogP contribution is -2.31. The molecule has 3 amide bonds. The number of nitrogens with one attached hydrogen (secondary N) is 1. The van der Waals surface area contributed by atoms with Gasteiger partial charge in [0, 0.05) is 12.1 Å². The Balaban J connectivity index is 2.16. The molecule has 6 heteroatoms. The molecular weight excluding hydrogens is 288 g/mol. The van der Waals surface area contributed by atoms with Crippen LogP contribution in [-0.4, -0.2) is 36.2 Å². The van der Waals surface area contributed by atoms with Crippen molar-refractivity contribution in [2.24, 2.45) is 0 Å². The minimum absolute atomic E-state index is 0.273. The molecule has 1 aromatic carbocycles. The Morgan fingerprint density at radius 3 is 2.76 bits per heavy atom. The second kappa shape index (κ2) is 7.17. The van der Waals surface area contributed by atoms with Crippen molar-refractivity contribution in [1.82, 2.24) is 10.2 Å². The van der Waals surface area contributed by atoms with Gasteiger partial charge in [-0.1, -0.05) is 18.2 Å². The molecule has 0 aliphatic carbocycles. The van der Waals surface area contributed by atoms with Crippen LogP contribution >= 0.6 is 12.6 Å². The summed E-state index contributed by atoms with van der Waals surface area (Å²) in [7, 11) is 1.57. The molecule has 1 aliphatic rings. The molecule has 5 nitrogen and oxygen atoms in total. The highest BCUT2D eigenvalue weighted by Crippen LogP contribution is 2.22. The van der Waals surface area contributed by atoms with E-state index in [1.54, 1.807) is 19.3 Å². The summed E-state index contributed by atoms with van der Waals surface area (Å²) >= 11 is 4.12. The minimum atomic E-state index is -0.375. The maximum absolute atomic E-state index is 12.2. The number of hydrogen-bond acceptors (Lipinski definition) is 4. The fraction of sp³-hybridized carbons (Fsp3) is 0.333.